The second kappa shape index (κ2) is 5.19. The van der Waals surface area contributed by atoms with Crippen LogP contribution in [0.3, 0.4) is 0 Å². The molecule has 0 aliphatic rings. The number of guanidine groups is 1. The van der Waals surface area contributed by atoms with Crippen molar-refractivity contribution in [2.24, 2.45) is 21.6 Å². The fraction of sp³-hybridized carbons (Fsp3) is 0.600. The van der Waals surface area contributed by atoms with E-state index in [-0.39, 0.29) is 13.0 Å². The molecule has 0 spiro atoms. The summed E-state index contributed by atoms with van der Waals surface area (Å²) in [7, 11) is 0. The quantitative estimate of drug-likeness (QED) is 0.282. The van der Waals surface area contributed by atoms with Crippen molar-refractivity contribution in [3.8, 4) is 0 Å². The summed E-state index contributed by atoms with van der Waals surface area (Å²) in [6.45, 7) is 0.0883. The van der Waals surface area contributed by atoms with E-state index in [1.54, 1.807) is 0 Å². The molecule has 0 aromatic rings. The topological polar surface area (TPSA) is 131 Å². The maximum Gasteiger partial charge on any atom is 0.320 e. The van der Waals surface area contributed by atoms with Crippen LogP contribution in [0.4, 0.5) is 0 Å². The summed E-state index contributed by atoms with van der Waals surface area (Å²) in [6.07, 6.45) is 0.131. The van der Waals surface area contributed by atoms with Gasteiger partial charge in [-0.25, -0.2) is 4.99 Å². The van der Waals surface area contributed by atoms with Crippen molar-refractivity contribution in [3.63, 3.8) is 0 Å². The number of aliphatic carboxylic acids is 1. The van der Waals surface area contributed by atoms with Gasteiger partial charge in [-0.3, -0.25) is 4.79 Å². The van der Waals surface area contributed by atoms with E-state index in [0.29, 0.717) is 0 Å². The fourth-order valence-electron chi connectivity index (χ4n) is 0.471. The van der Waals surface area contributed by atoms with Crippen molar-refractivity contribution in [1.82, 2.24) is 0 Å². The Bertz CT molecular complexity index is 203. The predicted molar refractivity (Wildman–Crippen MR) is 42.5 cm³/mol. The summed E-state index contributed by atoms with van der Waals surface area (Å²) in [5.74, 6) is -1.50. The van der Waals surface area contributed by atoms with Gasteiger partial charge in [0.2, 0.25) is 0 Å². The highest BCUT2D eigenvalue weighted by atomic mass is 16.4. The molecule has 0 unspecified atom stereocenters. The lowest BCUT2D eigenvalue weighted by Gasteiger charge is -2.01. The molecule has 0 aliphatic carbocycles. The Labute approximate surface area is 68.4 Å². The third kappa shape index (κ3) is 4.34. The van der Waals surface area contributed by atoms with Crippen LogP contribution >= 0.6 is 0 Å². The minimum absolute atomic E-state index is 0.0883. The standard InChI is InChI=1S/C5H10N4O3/c6-3(4(10)11)1-2-8-5(7)9-12/h3H,1-2,6H2,(H2,7,8)(H,10,11)/t3-/m0/s1. The first-order valence-electron chi connectivity index (χ1n) is 3.19. The minimum atomic E-state index is -1.11. The van der Waals surface area contributed by atoms with Crippen molar-refractivity contribution in [2.75, 3.05) is 6.54 Å². The second-order valence-corrected chi connectivity index (χ2v) is 2.06. The molecule has 0 saturated carbocycles. The zero-order chi connectivity index (χ0) is 9.56. The van der Waals surface area contributed by atoms with Crippen LogP contribution < -0.4 is 11.5 Å². The van der Waals surface area contributed by atoms with Crippen LogP contribution in [-0.4, -0.2) is 29.6 Å². The van der Waals surface area contributed by atoms with Crippen LogP contribution in [0.1, 0.15) is 6.42 Å². The third-order valence-corrected chi connectivity index (χ3v) is 1.12. The Balaban J connectivity index is 3.69. The van der Waals surface area contributed by atoms with Gasteiger partial charge in [0.1, 0.15) is 6.04 Å². The van der Waals surface area contributed by atoms with Gasteiger partial charge in [0.25, 0.3) is 5.96 Å². The molecule has 0 fully saturated rings. The first-order chi connectivity index (χ1) is 5.57. The van der Waals surface area contributed by atoms with Crippen molar-refractivity contribution in [1.29, 1.82) is 0 Å². The van der Waals surface area contributed by atoms with Crippen LogP contribution in [0.25, 0.3) is 0 Å². The summed E-state index contributed by atoms with van der Waals surface area (Å²) >= 11 is 0. The smallest absolute Gasteiger partial charge is 0.320 e. The summed E-state index contributed by atoms with van der Waals surface area (Å²) in [5, 5.41) is 10.6. The number of carboxylic acids is 1. The molecule has 0 aromatic carbocycles. The molecule has 0 rings (SSSR count). The molecule has 12 heavy (non-hydrogen) atoms. The number of carboxylic acid groups (broad SMARTS) is 1. The lowest BCUT2D eigenvalue weighted by atomic mass is 10.2. The van der Waals surface area contributed by atoms with E-state index < -0.39 is 18.0 Å². The lowest BCUT2D eigenvalue weighted by molar-refractivity contribution is -0.138. The number of hydrogen-bond donors (Lipinski definition) is 3. The molecule has 7 nitrogen and oxygen atoms in total. The predicted octanol–water partition coefficient (Wildman–Crippen LogP) is -1.13. The van der Waals surface area contributed by atoms with Gasteiger partial charge in [-0.15, -0.1) is 4.91 Å². The SMILES string of the molecule is NC(N=O)=NCC[C@H](N)C(=O)O. The fourth-order valence-corrected chi connectivity index (χ4v) is 0.471. The van der Waals surface area contributed by atoms with Gasteiger partial charge >= 0.3 is 5.97 Å². The summed E-state index contributed by atoms with van der Waals surface area (Å²) in [4.78, 5) is 23.3. The molecule has 1 atom stereocenters. The molecule has 0 saturated heterocycles. The number of nitroso groups, excluding NO2 is 1. The summed E-state index contributed by atoms with van der Waals surface area (Å²) in [6, 6.07) is -0.979. The molecular formula is C5H10N4O3. The van der Waals surface area contributed by atoms with E-state index in [4.69, 9.17) is 16.6 Å². The average molecular weight is 174 g/mol. The molecule has 0 radical (unpaired) electrons. The minimum Gasteiger partial charge on any atom is -0.480 e. The number of rotatable bonds is 4. The van der Waals surface area contributed by atoms with E-state index in [2.05, 4.69) is 10.2 Å². The van der Waals surface area contributed by atoms with Gasteiger partial charge < -0.3 is 16.6 Å². The van der Waals surface area contributed by atoms with Crippen molar-refractivity contribution >= 4 is 11.9 Å². The molecule has 0 aromatic heterocycles. The highest BCUT2D eigenvalue weighted by Crippen LogP contribution is 1.88. The number of hydrogen-bond acceptors (Lipinski definition) is 4. The van der Waals surface area contributed by atoms with Crippen LogP contribution in [-0.2, 0) is 4.79 Å². The van der Waals surface area contributed by atoms with Crippen molar-refractivity contribution in [2.45, 2.75) is 12.5 Å². The monoisotopic (exact) mass is 174 g/mol. The van der Waals surface area contributed by atoms with Gasteiger partial charge in [0.05, 0.1) is 0 Å². The Morgan fingerprint density at radius 1 is 1.58 bits per heavy atom. The second-order valence-electron chi connectivity index (χ2n) is 2.06. The highest BCUT2D eigenvalue weighted by molar-refractivity contribution is 5.78. The molecule has 0 bridgehead atoms. The Hall–Kier alpha value is -1.50. The zero-order valence-electron chi connectivity index (χ0n) is 6.30. The third-order valence-electron chi connectivity index (χ3n) is 1.12. The first-order valence-corrected chi connectivity index (χ1v) is 3.19. The van der Waals surface area contributed by atoms with E-state index in [0.717, 1.165) is 0 Å². The van der Waals surface area contributed by atoms with Crippen molar-refractivity contribution < 1.29 is 9.90 Å². The van der Waals surface area contributed by atoms with E-state index in [1.165, 1.54) is 0 Å². The first kappa shape index (κ1) is 10.5. The molecule has 5 N–H and O–H groups in total. The maximum atomic E-state index is 10.2. The number of nitrogens with zero attached hydrogens (tertiary/aromatic N) is 2. The van der Waals surface area contributed by atoms with Crippen LogP contribution in [0.15, 0.2) is 10.2 Å². The van der Waals surface area contributed by atoms with E-state index in [1.807, 2.05) is 0 Å². The van der Waals surface area contributed by atoms with Gasteiger partial charge in [-0.05, 0) is 6.42 Å². The number of aliphatic imine (C=N–C) groups is 1. The average Bonchev–Trinajstić information content (AvgIpc) is 2.03. The van der Waals surface area contributed by atoms with E-state index in [9.17, 15) is 9.70 Å². The van der Waals surface area contributed by atoms with Gasteiger partial charge in [-0.1, -0.05) is 0 Å². The number of nitrogens with two attached hydrogens (primary N) is 2. The molecule has 7 heteroatoms. The highest BCUT2D eigenvalue weighted by Gasteiger charge is 2.09. The zero-order valence-corrected chi connectivity index (χ0v) is 6.30. The Kier molecular flexibility index (Phi) is 4.54. The summed E-state index contributed by atoms with van der Waals surface area (Å²) < 4.78 is 0. The Morgan fingerprint density at radius 2 is 2.17 bits per heavy atom. The largest absolute Gasteiger partial charge is 0.480 e. The van der Waals surface area contributed by atoms with Gasteiger partial charge in [-0.2, -0.15) is 0 Å². The maximum absolute atomic E-state index is 10.2. The van der Waals surface area contributed by atoms with Crippen LogP contribution in [0.2, 0.25) is 0 Å². The molecule has 0 amide bonds. The molecule has 0 heterocycles. The normalized spacial score (nSPS) is 13.9. The molecule has 0 aliphatic heterocycles. The van der Waals surface area contributed by atoms with Gasteiger partial charge in [0, 0.05) is 11.7 Å². The number of carbonyl (C=O) groups is 1. The molecular weight excluding hydrogens is 164 g/mol. The van der Waals surface area contributed by atoms with Crippen LogP contribution in [0, 0.1) is 4.91 Å². The molecule has 68 valence electrons. The Morgan fingerprint density at radius 3 is 2.58 bits per heavy atom. The summed E-state index contributed by atoms with van der Waals surface area (Å²) in [5.41, 5.74) is 10.0. The van der Waals surface area contributed by atoms with Crippen LogP contribution in [0.5, 0.6) is 0 Å². The lowest BCUT2D eigenvalue weighted by Crippen LogP contribution is -2.30. The van der Waals surface area contributed by atoms with E-state index >= 15 is 0 Å². The van der Waals surface area contributed by atoms with Gasteiger partial charge in [0.15, 0.2) is 0 Å². The van der Waals surface area contributed by atoms with Crippen molar-refractivity contribution in [3.05, 3.63) is 4.91 Å².